The van der Waals surface area contributed by atoms with Gasteiger partial charge in [0.2, 0.25) is 21.9 Å². The van der Waals surface area contributed by atoms with E-state index < -0.39 is 10.0 Å². The van der Waals surface area contributed by atoms with Gasteiger partial charge in [-0.05, 0) is 66.2 Å². The van der Waals surface area contributed by atoms with Crippen molar-refractivity contribution in [3.05, 3.63) is 82.0 Å². The molecule has 3 N–H and O–H groups in total. The van der Waals surface area contributed by atoms with Crippen LogP contribution in [0.5, 0.6) is 11.6 Å². The molecule has 0 atom stereocenters. The number of aromatic nitrogens is 5. The highest BCUT2D eigenvalue weighted by atomic mass is 32.2. The SMILES string of the molecule is Cc1cc(C#N)cc(C)c1Oc1nc(NCCc2cn(Cc3ccc(S(N)(=O)=O)cc3)nn2)nc2ccsc12. The second kappa shape index (κ2) is 10.8. The number of thiophene rings is 1. The highest BCUT2D eigenvalue weighted by Crippen LogP contribution is 2.35. The molecule has 5 aromatic rings. The molecular formula is C26H24N8O3S2. The molecule has 0 aliphatic rings. The first-order valence-electron chi connectivity index (χ1n) is 11.9. The molecule has 0 saturated carbocycles. The Kier molecular flexibility index (Phi) is 7.25. The van der Waals surface area contributed by atoms with Crippen molar-refractivity contribution in [2.75, 3.05) is 11.9 Å². The summed E-state index contributed by atoms with van der Waals surface area (Å²) in [5.41, 5.74) is 4.72. The van der Waals surface area contributed by atoms with Crippen LogP contribution >= 0.6 is 11.3 Å². The van der Waals surface area contributed by atoms with E-state index in [9.17, 15) is 13.7 Å². The predicted octanol–water partition coefficient (Wildman–Crippen LogP) is 3.91. The van der Waals surface area contributed by atoms with Crippen LogP contribution in [-0.2, 0) is 23.0 Å². The molecule has 3 heterocycles. The Morgan fingerprint density at radius 1 is 1.13 bits per heavy atom. The fraction of sp³-hybridized carbons (Fsp3) is 0.192. The lowest BCUT2D eigenvalue weighted by Gasteiger charge is -2.13. The van der Waals surface area contributed by atoms with Crippen molar-refractivity contribution in [3.63, 3.8) is 0 Å². The van der Waals surface area contributed by atoms with Gasteiger partial charge in [-0.15, -0.1) is 16.4 Å². The maximum atomic E-state index is 11.4. The van der Waals surface area contributed by atoms with Crippen LogP contribution in [0.3, 0.4) is 0 Å². The number of ether oxygens (including phenoxy) is 1. The second-order valence-electron chi connectivity index (χ2n) is 8.91. The Hall–Kier alpha value is -4.38. The van der Waals surface area contributed by atoms with Gasteiger partial charge in [-0.3, -0.25) is 0 Å². The predicted molar refractivity (Wildman–Crippen MR) is 147 cm³/mol. The Morgan fingerprint density at radius 3 is 2.56 bits per heavy atom. The van der Waals surface area contributed by atoms with Crippen molar-refractivity contribution >= 4 is 37.5 Å². The van der Waals surface area contributed by atoms with E-state index in [1.54, 1.807) is 28.9 Å². The zero-order valence-corrected chi connectivity index (χ0v) is 22.8. The zero-order valence-electron chi connectivity index (χ0n) is 21.1. The molecule has 0 spiro atoms. The van der Waals surface area contributed by atoms with Gasteiger partial charge in [0.1, 0.15) is 10.4 Å². The Morgan fingerprint density at radius 2 is 1.87 bits per heavy atom. The first-order valence-corrected chi connectivity index (χ1v) is 14.3. The van der Waals surface area contributed by atoms with Crippen LogP contribution in [0.4, 0.5) is 5.95 Å². The van der Waals surface area contributed by atoms with Crippen LogP contribution in [-0.4, -0.2) is 39.9 Å². The van der Waals surface area contributed by atoms with E-state index in [1.807, 2.05) is 31.5 Å². The van der Waals surface area contributed by atoms with E-state index in [4.69, 9.17) is 9.88 Å². The number of benzene rings is 2. The van der Waals surface area contributed by atoms with Crippen molar-refractivity contribution in [1.29, 1.82) is 5.26 Å². The molecule has 0 amide bonds. The summed E-state index contributed by atoms with van der Waals surface area (Å²) in [7, 11) is -3.73. The minimum atomic E-state index is -3.73. The lowest BCUT2D eigenvalue weighted by atomic mass is 10.1. The minimum Gasteiger partial charge on any atom is -0.437 e. The molecule has 198 valence electrons. The number of hydrogen-bond donors (Lipinski definition) is 2. The molecule has 0 saturated heterocycles. The Balaban J connectivity index is 1.25. The number of primary sulfonamides is 1. The first kappa shape index (κ1) is 26.2. The van der Waals surface area contributed by atoms with Crippen LogP contribution < -0.4 is 15.2 Å². The van der Waals surface area contributed by atoms with Crippen molar-refractivity contribution in [2.24, 2.45) is 5.14 Å². The lowest BCUT2D eigenvalue weighted by molar-refractivity contribution is 0.462. The summed E-state index contributed by atoms with van der Waals surface area (Å²) in [5, 5.41) is 27.9. The average molecular weight is 561 g/mol. The largest absolute Gasteiger partial charge is 0.437 e. The van der Waals surface area contributed by atoms with Crippen LogP contribution in [0.25, 0.3) is 10.2 Å². The Labute approximate surface area is 229 Å². The van der Waals surface area contributed by atoms with Gasteiger partial charge in [0, 0.05) is 19.2 Å². The number of nitrogens with zero attached hydrogens (tertiary/aromatic N) is 6. The van der Waals surface area contributed by atoms with Gasteiger partial charge >= 0.3 is 0 Å². The number of nitrogens with two attached hydrogens (primary N) is 1. The van der Waals surface area contributed by atoms with Crippen LogP contribution in [0.2, 0.25) is 0 Å². The van der Waals surface area contributed by atoms with Crippen molar-refractivity contribution in [2.45, 2.75) is 31.7 Å². The number of nitriles is 1. The number of fused-ring (bicyclic) bond motifs is 1. The monoisotopic (exact) mass is 560 g/mol. The van der Waals surface area contributed by atoms with Gasteiger partial charge in [-0.25, -0.2) is 23.2 Å². The first-order chi connectivity index (χ1) is 18.7. The second-order valence-corrected chi connectivity index (χ2v) is 11.4. The zero-order chi connectivity index (χ0) is 27.6. The van der Waals surface area contributed by atoms with E-state index in [2.05, 4.69) is 31.7 Å². The number of hydrogen-bond acceptors (Lipinski definition) is 10. The lowest BCUT2D eigenvalue weighted by Crippen LogP contribution is -2.12. The summed E-state index contributed by atoms with van der Waals surface area (Å²) >= 11 is 1.50. The van der Waals surface area contributed by atoms with E-state index in [0.717, 1.165) is 32.6 Å². The van der Waals surface area contributed by atoms with Crippen molar-refractivity contribution in [1.82, 2.24) is 25.0 Å². The molecule has 0 fully saturated rings. The maximum absolute atomic E-state index is 11.4. The smallest absolute Gasteiger partial charge is 0.242 e. The summed E-state index contributed by atoms with van der Waals surface area (Å²) in [5.74, 6) is 1.55. The standard InChI is InChI=1S/C26H24N8O3S2/c1-16-11-19(13-27)12-17(2)23(16)37-25-24-22(8-10-38-24)30-26(31-25)29-9-7-20-15-34(33-32-20)14-18-3-5-21(6-4-18)39(28,35)36/h3-6,8,10-12,15H,7,9,14H2,1-2H3,(H2,28,35,36)(H,29,30,31). The molecular weight excluding hydrogens is 536 g/mol. The third kappa shape index (κ3) is 6.04. The van der Waals surface area contributed by atoms with Gasteiger partial charge in [0.15, 0.2) is 0 Å². The molecule has 0 unspecified atom stereocenters. The van der Waals surface area contributed by atoms with E-state index in [0.29, 0.717) is 42.7 Å². The molecule has 0 aliphatic heterocycles. The van der Waals surface area contributed by atoms with Crippen LogP contribution in [0.1, 0.15) is 27.9 Å². The number of aryl methyl sites for hydroxylation is 2. The van der Waals surface area contributed by atoms with Gasteiger partial charge in [-0.1, -0.05) is 17.3 Å². The molecule has 11 nitrogen and oxygen atoms in total. The molecule has 2 aromatic carbocycles. The van der Waals surface area contributed by atoms with Gasteiger partial charge < -0.3 is 10.1 Å². The summed E-state index contributed by atoms with van der Waals surface area (Å²) in [4.78, 5) is 9.28. The highest BCUT2D eigenvalue weighted by Gasteiger charge is 2.15. The number of anilines is 1. The molecule has 13 heteroatoms. The molecule has 39 heavy (non-hydrogen) atoms. The van der Waals surface area contributed by atoms with Crippen molar-refractivity contribution in [3.8, 4) is 17.7 Å². The van der Waals surface area contributed by atoms with Gasteiger partial charge in [0.05, 0.1) is 34.3 Å². The molecule has 0 radical (unpaired) electrons. The van der Waals surface area contributed by atoms with Crippen LogP contribution in [0.15, 0.2) is 58.9 Å². The number of sulfonamides is 1. The van der Waals surface area contributed by atoms with E-state index in [-0.39, 0.29) is 4.90 Å². The van der Waals surface area contributed by atoms with Gasteiger partial charge in [-0.2, -0.15) is 10.2 Å². The third-order valence-electron chi connectivity index (χ3n) is 5.91. The topological polar surface area (TPSA) is 162 Å². The minimum absolute atomic E-state index is 0.0650. The third-order valence-corrected chi connectivity index (χ3v) is 7.73. The summed E-state index contributed by atoms with van der Waals surface area (Å²) < 4.78 is 31.6. The number of rotatable bonds is 9. The number of nitrogens with one attached hydrogen (secondary N) is 1. The van der Waals surface area contributed by atoms with Crippen molar-refractivity contribution < 1.29 is 13.2 Å². The fourth-order valence-corrected chi connectivity index (χ4v) is 5.33. The summed E-state index contributed by atoms with van der Waals surface area (Å²) in [6, 6.07) is 14.0. The molecule has 3 aromatic heterocycles. The maximum Gasteiger partial charge on any atom is 0.242 e. The van der Waals surface area contributed by atoms with Gasteiger partial charge in [0.25, 0.3) is 0 Å². The molecule has 5 rings (SSSR count). The normalized spacial score (nSPS) is 11.4. The average Bonchev–Trinajstić information content (AvgIpc) is 3.55. The fourth-order valence-electron chi connectivity index (χ4n) is 4.06. The highest BCUT2D eigenvalue weighted by molar-refractivity contribution is 7.89. The Bertz CT molecular complexity index is 1780. The summed E-state index contributed by atoms with van der Waals surface area (Å²) in [6.07, 6.45) is 2.42. The summed E-state index contributed by atoms with van der Waals surface area (Å²) in [6.45, 7) is 4.77. The quantitative estimate of drug-likeness (QED) is 0.272. The van der Waals surface area contributed by atoms with E-state index >= 15 is 0 Å². The van der Waals surface area contributed by atoms with E-state index in [1.165, 1.54) is 23.5 Å². The van der Waals surface area contributed by atoms with Crippen LogP contribution in [0, 0.1) is 25.2 Å². The molecule has 0 aliphatic carbocycles. The molecule has 0 bridgehead atoms.